The maximum absolute atomic E-state index is 13.6. The van der Waals surface area contributed by atoms with Crippen LogP contribution in [0, 0.1) is 11.8 Å². The summed E-state index contributed by atoms with van der Waals surface area (Å²) in [5.74, 6) is -0.633. The fourth-order valence-electron chi connectivity index (χ4n) is 6.46. The molecule has 7 unspecified atom stereocenters. The molecule has 0 spiro atoms. The summed E-state index contributed by atoms with van der Waals surface area (Å²) in [7, 11) is 0. The summed E-state index contributed by atoms with van der Waals surface area (Å²) in [6.07, 6.45) is -1.21. The van der Waals surface area contributed by atoms with Crippen LogP contribution < -0.4 is 16.1 Å². The Morgan fingerprint density at radius 3 is 2.55 bits per heavy atom. The third kappa shape index (κ3) is 8.73. The number of nitrogens with zero attached hydrogens (tertiary/aromatic N) is 2. The van der Waals surface area contributed by atoms with Gasteiger partial charge in [0.2, 0.25) is 0 Å². The number of hydrogen-bond acceptors (Lipinski definition) is 10. The molecule has 0 saturated carbocycles. The van der Waals surface area contributed by atoms with Crippen molar-refractivity contribution in [3.05, 3.63) is 90.1 Å². The van der Waals surface area contributed by atoms with Crippen LogP contribution >= 0.6 is 0 Å². The highest BCUT2D eigenvalue weighted by Gasteiger charge is 2.44. The zero-order chi connectivity index (χ0) is 34.3. The van der Waals surface area contributed by atoms with Crippen LogP contribution in [0.15, 0.2) is 79.0 Å². The number of aliphatic hydroxyl groups excluding tert-OH is 1. The predicted molar refractivity (Wildman–Crippen MR) is 177 cm³/mol. The average Bonchev–Trinajstić information content (AvgIpc) is 3.83. The fourth-order valence-corrected chi connectivity index (χ4v) is 6.46. The Balaban J connectivity index is 1.19. The summed E-state index contributed by atoms with van der Waals surface area (Å²) in [4.78, 5) is 43.3. The first-order valence-corrected chi connectivity index (χ1v) is 16.7. The van der Waals surface area contributed by atoms with Crippen molar-refractivity contribution in [1.82, 2.24) is 26.1 Å². The largest absolute Gasteiger partial charge is 0.443 e. The molecule has 0 bridgehead atoms. The first kappa shape index (κ1) is 34.3. The Kier molecular flexibility index (Phi) is 11.0. The van der Waals surface area contributed by atoms with Gasteiger partial charge in [-0.05, 0) is 42.0 Å². The van der Waals surface area contributed by atoms with E-state index in [1.54, 1.807) is 11.2 Å². The van der Waals surface area contributed by atoms with Crippen LogP contribution in [0.25, 0.3) is 11.3 Å². The molecule has 3 aromatic rings. The van der Waals surface area contributed by atoms with E-state index in [9.17, 15) is 19.5 Å². The number of fused-ring (bicyclic) bond motifs is 1. The first-order valence-electron chi connectivity index (χ1n) is 16.7. The summed E-state index contributed by atoms with van der Waals surface area (Å²) in [6, 6.07) is 21.2. The van der Waals surface area contributed by atoms with Gasteiger partial charge in [0.15, 0.2) is 6.29 Å². The zero-order valence-corrected chi connectivity index (χ0v) is 27.6. The number of benzene rings is 2. The highest BCUT2D eigenvalue weighted by Crippen LogP contribution is 2.33. The fraction of sp³-hybridized carbons (Fsp3) is 0.444. The third-order valence-electron chi connectivity index (χ3n) is 9.06. The minimum absolute atomic E-state index is 0.0345. The van der Waals surface area contributed by atoms with Crippen LogP contribution in [-0.4, -0.2) is 89.6 Å². The maximum Gasteiger partial charge on any atom is 0.408 e. The highest BCUT2D eigenvalue weighted by molar-refractivity contribution is 5.88. The molecule has 13 heteroatoms. The van der Waals surface area contributed by atoms with Crippen LogP contribution in [0.1, 0.15) is 31.4 Å². The molecule has 6 rings (SSSR count). The number of amides is 3. The van der Waals surface area contributed by atoms with Gasteiger partial charge in [-0.1, -0.05) is 74.5 Å². The normalized spacial score (nSPS) is 24.2. The number of carbonyl (C=O) groups excluding carboxylic acids is 3. The van der Waals surface area contributed by atoms with Crippen molar-refractivity contribution in [3.8, 4) is 11.3 Å². The van der Waals surface area contributed by atoms with E-state index in [0.717, 1.165) is 28.8 Å². The van der Waals surface area contributed by atoms with E-state index < -0.39 is 48.5 Å². The molecule has 3 aliphatic heterocycles. The quantitative estimate of drug-likeness (QED) is 0.199. The lowest BCUT2D eigenvalue weighted by Gasteiger charge is -2.32. The Bertz CT molecular complexity index is 1560. The Morgan fingerprint density at radius 2 is 1.82 bits per heavy atom. The van der Waals surface area contributed by atoms with Crippen LogP contribution in [0.4, 0.5) is 9.59 Å². The monoisotopic (exact) mass is 673 g/mol. The van der Waals surface area contributed by atoms with Crippen molar-refractivity contribution >= 4 is 18.1 Å². The molecule has 7 atom stereocenters. The first-order chi connectivity index (χ1) is 23.7. The van der Waals surface area contributed by atoms with Gasteiger partial charge in [0, 0.05) is 24.8 Å². The van der Waals surface area contributed by atoms with Crippen LogP contribution in [-0.2, 0) is 36.7 Å². The topological polar surface area (TPSA) is 161 Å². The third-order valence-corrected chi connectivity index (χ3v) is 9.06. The number of aromatic nitrogens is 1. The van der Waals surface area contributed by atoms with E-state index >= 15 is 0 Å². The average molecular weight is 674 g/mol. The van der Waals surface area contributed by atoms with E-state index in [4.69, 9.17) is 18.9 Å². The van der Waals surface area contributed by atoms with Crippen LogP contribution in [0.2, 0.25) is 0 Å². The van der Waals surface area contributed by atoms with Gasteiger partial charge in [-0.25, -0.2) is 14.6 Å². The number of hydrogen-bond donors (Lipinski definition) is 4. The van der Waals surface area contributed by atoms with Gasteiger partial charge < -0.3 is 34.7 Å². The second kappa shape index (κ2) is 15.8. The van der Waals surface area contributed by atoms with Gasteiger partial charge in [-0.3, -0.25) is 15.2 Å². The second-order valence-electron chi connectivity index (χ2n) is 13.0. The number of pyridine rings is 1. The summed E-state index contributed by atoms with van der Waals surface area (Å²) in [5.41, 5.74) is 6.40. The molecule has 3 amide bonds. The minimum atomic E-state index is -1.15. The number of alkyl carbamates (subject to hydrolysis) is 2. The van der Waals surface area contributed by atoms with Gasteiger partial charge in [-0.15, -0.1) is 0 Å². The molecule has 1 aromatic heterocycles. The number of aliphatic hydroxyl groups is 1. The van der Waals surface area contributed by atoms with Crippen molar-refractivity contribution in [2.75, 3.05) is 19.8 Å². The van der Waals surface area contributed by atoms with Crippen molar-refractivity contribution in [2.45, 2.75) is 69.9 Å². The van der Waals surface area contributed by atoms with E-state index in [1.165, 1.54) is 0 Å². The molecule has 0 radical (unpaired) electrons. The lowest BCUT2D eigenvalue weighted by molar-refractivity contribution is -0.130. The SMILES string of the molecule is CC(C)C1OC(=O)NC1C(=O)NN(Cc1ccc(-c2ccccn2)cc1)CC(O)C(Cc1ccccc1)NC(=O)OC1COC2OCCC12. The molecular formula is C36H43N5O8. The molecule has 3 fully saturated rings. The molecular weight excluding hydrogens is 630 g/mol. The highest BCUT2D eigenvalue weighted by atomic mass is 16.7. The molecule has 49 heavy (non-hydrogen) atoms. The summed E-state index contributed by atoms with van der Waals surface area (Å²) < 4.78 is 22.3. The number of hydrazine groups is 1. The zero-order valence-electron chi connectivity index (χ0n) is 27.6. The van der Waals surface area contributed by atoms with Gasteiger partial charge in [-0.2, -0.15) is 0 Å². The van der Waals surface area contributed by atoms with Gasteiger partial charge in [0.1, 0.15) is 18.2 Å². The van der Waals surface area contributed by atoms with E-state index in [1.807, 2.05) is 86.6 Å². The van der Waals surface area contributed by atoms with Crippen molar-refractivity contribution in [2.24, 2.45) is 11.8 Å². The van der Waals surface area contributed by atoms with E-state index in [2.05, 4.69) is 21.0 Å². The number of cyclic esters (lactones) is 1. The number of ether oxygens (including phenoxy) is 4. The predicted octanol–water partition coefficient (Wildman–Crippen LogP) is 3.17. The molecule has 2 aromatic carbocycles. The summed E-state index contributed by atoms with van der Waals surface area (Å²) in [5, 5.41) is 18.8. The second-order valence-corrected chi connectivity index (χ2v) is 13.0. The van der Waals surface area contributed by atoms with Gasteiger partial charge >= 0.3 is 12.2 Å². The molecule has 3 saturated heterocycles. The molecule has 4 heterocycles. The lowest BCUT2D eigenvalue weighted by atomic mass is 10.00. The van der Waals surface area contributed by atoms with Crippen molar-refractivity contribution < 1.29 is 38.4 Å². The Hall–Kier alpha value is -4.56. The van der Waals surface area contributed by atoms with Crippen LogP contribution in [0.5, 0.6) is 0 Å². The summed E-state index contributed by atoms with van der Waals surface area (Å²) >= 11 is 0. The van der Waals surface area contributed by atoms with E-state index in [-0.39, 0.29) is 37.8 Å². The Morgan fingerprint density at radius 1 is 1.04 bits per heavy atom. The van der Waals surface area contributed by atoms with Gasteiger partial charge in [0.25, 0.3) is 5.91 Å². The number of rotatable bonds is 13. The lowest BCUT2D eigenvalue weighted by Crippen LogP contribution is -2.57. The summed E-state index contributed by atoms with van der Waals surface area (Å²) in [6.45, 7) is 4.67. The molecule has 260 valence electrons. The Labute approximate surface area is 285 Å². The molecule has 4 N–H and O–H groups in total. The van der Waals surface area contributed by atoms with Gasteiger partial charge in [0.05, 0.1) is 37.0 Å². The number of carbonyl (C=O) groups is 3. The maximum atomic E-state index is 13.6. The molecule has 13 nitrogen and oxygen atoms in total. The standard InChI is InChI=1S/C36H43N5O8/c1-22(2)32-31(39-36(45)49-32)33(43)40-41(19-24-11-13-25(14-12-24)27-10-6-7-16-37-27)20-29(42)28(18-23-8-4-3-5-9-23)38-35(44)48-30-21-47-34-26(30)15-17-46-34/h3-14,16,22,26,28-32,34,42H,15,17-21H2,1-2H3,(H,38,44)(H,39,45)(H,40,43). The van der Waals surface area contributed by atoms with Crippen molar-refractivity contribution in [1.29, 1.82) is 0 Å². The van der Waals surface area contributed by atoms with E-state index in [0.29, 0.717) is 13.0 Å². The van der Waals surface area contributed by atoms with Crippen LogP contribution in [0.3, 0.4) is 0 Å². The molecule has 3 aliphatic rings. The smallest absolute Gasteiger partial charge is 0.408 e. The minimum Gasteiger partial charge on any atom is -0.443 e. The molecule has 0 aliphatic carbocycles. The van der Waals surface area contributed by atoms with Crippen molar-refractivity contribution in [3.63, 3.8) is 0 Å². The number of nitrogens with one attached hydrogen (secondary N) is 3.